The van der Waals surface area contributed by atoms with Crippen LogP contribution in [0.5, 0.6) is 0 Å². The van der Waals surface area contributed by atoms with Gasteiger partial charge in [0.2, 0.25) is 0 Å². The monoisotopic (exact) mass is 157 g/mol. The third kappa shape index (κ3) is 21.4. The maximum atomic E-state index is 9.50. The smallest absolute Gasteiger partial charge is 0 e. The third-order valence-corrected chi connectivity index (χ3v) is 0. The van der Waals surface area contributed by atoms with Gasteiger partial charge >= 0.3 is 0 Å². The second-order valence-electron chi connectivity index (χ2n) is 0.0825. The van der Waals surface area contributed by atoms with E-state index in [2.05, 4.69) is 0 Å². The van der Waals surface area contributed by atoms with Crippen molar-refractivity contribution < 1.29 is 29.2 Å². The molecule has 0 heterocycles. The van der Waals surface area contributed by atoms with Gasteiger partial charge in [-0.15, -0.1) is 0 Å². The molecular weight excluding hydrogens is 156 g/mol. The Morgan fingerprint density at radius 3 is 1.25 bits per heavy atom. The van der Waals surface area contributed by atoms with Crippen LogP contribution in [-0.4, -0.2) is 0 Å². The van der Waals surface area contributed by atoms with E-state index in [1.807, 2.05) is 0 Å². The summed E-state index contributed by atoms with van der Waals surface area (Å²) >= 11 is 0. The fourth-order valence-electron chi connectivity index (χ4n) is 0. The van der Waals surface area contributed by atoms with Crippen LogP contribution in [0, 0.1) is 6.93 Å². The Morgan fingerprint density at radius 2 is 1.25 bits per heavy atom. The first-order valence-electron chi connectivity index (χ1n) is 0.436. The summed E-state index contributed by atoms with van der Waals surface area (Å²) in [4.78, 5) is 0. The quantitative estimate of drug-likeness (QED) is 0.364. The molecule has 0 rings (SSSR count). The van der Waals surface area contributed by atoms with Crippen molar-refractivity contribution in [2.24, 2.45) is 0 Å². The van der Waals surface area contributed by atoms with E-state index in [1.165, 1.54) is 0 Å². The van der Waals surface area contributed by atoms with Crippen LogP contribution in [0.2, 0.25) is 0 Å². The van der Waals surface area contributed by atoms with Crippen molar-refractivity contribution in [3.8, 4) is 0 Å². The van der Waals surface area contributed by atoms with Gasteiger partial charge < -0.3 is 8.78 Å². The Morgan fingerprint density at radius 1 is 1.25 bits per heavy atom. The Hall–Kier alpha value is 0.522. The van der Waals surface area contributed by atoms with Crippen molar-refractivity contribution in [2.45, 2.75) is 0 Å². The second kappa shape index (κ2) is 9.67. The number of hydrogen-bond acceptors (Lipinski definition) is 0. The van der Waals surface area contributed by atoms with Gasteiger partial charge in [-0.05, 0) is 6.93 Å². The summed E-state index contributed by atoms with van der Waals surface area (Å²) in [5, 5.41) is 0. The first-order chi connectivity index (χ1) is 1.41. The van der Waals surface area contributed by atoms with Crippen molar-refractivity contribution in [1.82, 2.24) is 0 Å². The Bertz CT molecular complexity index is 6.00. The summed E-state index contributed by atoms with van der Waals surface area (Å²) in [5.41, 5.74) is 0. The molecule has 0 aromatic heterocycles. The molecule has 4 heavy (non-hydrogen) atoms. The molecule has 0 saturated carbocycles. The number of halogens is 2. The van der Waals surface area contributed by atoms with Gasteiger partial charge in [0.15, 0.2) is 0 Å². The van der Waals surface area contributed by atoms with Crippen molar-refractivity contribution in [2.75, 3.05) is 0 Å². The van der Waals surface area contributed by atoms with Crippen LogP contribution >= 0.6 is 0 Å². The minimum absolute atomic E-state index is 0. The molecule has 0 aliphatic rings. The predicted octanol–water partition coefficient (Wildman–Crippen LogP) is 1.04. The molecule has 0 spiro atoms. The van der Waals surface area contributed by atoms with Crippen LogP contribution < -0.4 is 0 Å². The van der Waals surface area contributed by atoms with E-state index in [0.717, 1.165) is 0 Å². The molecular formula is CHF2Pd-. The molecule has 0 nitrogen and oxygen atoms in total. The molecule has 0 unspecified atom stereocenters. The minimum Gasteiger partial charge on any atom is -0.425 e. The Labute approximate surface area is 36.8 Å². The summed E-state index contributed by atoms with van der Waals surface area (Å²) < 4.78 is 19.0. The molecule has 0 aromatic carbocycles. The van der Waals surface area contributed by atoms with Gasteiger partial charge in [0.25, 0.3) is 0 Å². The molecule has 0 bridgehead atoms. The molecule has 3 heteroatoms. The fourth-order valence-corrected chi connectivity index (χ4v) is 0. The number of rotatable bonds is 0. The first kappa shape index (κ1) is 8.82. The van der Waals surface area contributed by atoms with Crippen molar-refractivity contribution in [3.63, 3.8) is 0 Å². The van der Waals surface area contributed by atoms with E-state index in [1.54, 1.807) is 0 Å². The molecule has 0 fully saturated rings. The molecule has 0 radical (unpaired) electrons. The van der Waals surface area contributed by atoms with Crippen molar-refractivity contribution in [1.29, 1.82) is 0 Å². The summed E-state index contributed by atoms with van der Waals surface area (Å²) in [7, 11) is 0. The molecule has 0 aliphatic heterocycles. The Kier molecular flexibility index (Phi) is 21.3. The minimum atomic E-state index is -1.00. The summed E-state index contributed by atoms with van der Waals surface area (Å²) in [5.74, 6) is 0. The van der Waals surface area contributed by atoms with E-state index in [4.69, 9.17) is 0 Å². The largest absolute Gasteiger partial charge is 0.425 e. The van der Waals surface area contributed by atoms with E-state index in [9.17, 15) is 8.78 Å². The molecule has 0 aliphatic carbocycles. The number of hydrogen-bond donors (Lipinski definition) is 0. The molecule has 0 aromatic rings. The zero-order valence-electron chi connectivity index (χ0n) is 1.65. The van der Waals surface area contributed by atoms with Gasteiger partial charge in [-0.3, -0.25) is 0 Å². The van der Waals surface area contributed by atoms with Crippen LogP contribution in [0.1, 0.15) is 0 Å². The second-order valence-corrected chi connectivity index (χ2v) is 0.0825. The van der Waals surface area contributed by atoms with Crippen molar-refractivity contribution >= 4 is 0 Å². The molecule has 0 saturated heterocycles. The predicted molar refractivity (Wildman–Crippen MR) is 6.52 cm³/mol. The van der Waals surface area contributed by atoms with Gasteiger partial charge in [0, 0.05) is 20.4 Å². The van der Waals surface area contributed by atoms with E-state index >= 15 is 0 Å². The van der Waals surface area contributed by atoms with Crippen LogP contribution in [0.4, 0.5) is 8.78 Å². The maximum Gasteiger partial charge on any atom is 0 e. The average molecular weight is 157 g/mol. The van der Waals surface area contributed by atoms with Crippen LogP contribution in [-0.2, 0) is 20.4 Å². The average Bonchev–Trinajstić information content (AvgIpc) is 0.918. The molecule has 0 atom stereocenters. The topological polar surface area (TPSA) is 0 Å². The van der Waals surface area contributed by atoms with Crippen molar-refractivity contribution in [3.05, 3.63) is 6.93 Å². The SMILES string of the molecule is F[CH-]F.[Pd]. The molecule has 0 amide bonds. The molecule has 0 N–H and O–H groups in total. The van der Waals surface area contributed by atoms with Crippen LogP contribution in [0.3, 0.4) is 0 Å². The van der Waals surface area contributed by atoms with Crippen LogP contribution in [0.15, 0.2) is 0 Å². The third-order valence-electron chi connectivity index (χ3n) is 0. The van der Waals surface area contributed by atoms with Gasteiger partial charge in [0.05, 0.1) is 0 Å². The zero-order chi connectivity index (χ0) is 2.71. The normalized spacial score (nSPS) is 4.50. The van der Waals surface area contributed by atoms with Gasteiger partial charge in [-0.1, -0.05) is 0 Å². The van der Waals surface area contributed by atoms with Gasteiger partial charge in [-0.2, -0.15) is 0 Å². The Balaban J connectivity index is 0. The van der Waals surface area contributed by atoms with E-state index in [-0.39, 0.29) is 20.4 Å². The molecule has 30 valence electrons. The maximum absolute atomic E-state index is 9.50. The summed E-state index contributed by atoms with van der Waals surface area (Å²) in [6.07, 6.45) is 0. The van der Waals surface area contributed by atoms with E-state index < -0.39 is 6.93 Å². The summed E-state index contributed by atoms with van der Waals surface area (Å²) in [6, 6.07) is 0. The zero-order valence-corrected chi connectivity index (χ0v) is 3.20. The first-order valence-corrected chi connectivity index (χ1v) is 0.436. The fraction of sp³-hybridized carbons (Fsp3) is 0. The van der Waals surface area contributed by atoms with Crippen LogP contribution in [0.25, 0.3) is 0 Å². The van der Waals surface area contributed by atoms with E-state index in [0.29, 0.717) is 0 Å². The summed E-state index contributed by atoms with van der Waals surface area (Å²) in [6.45, 7) is -1.00. The van der Waals surface area contributed by atoms with Gasteiger partial charge in [-0.25, -0.2) is 0 Å². The standard InChI is InChI=1S/CHF2.Pd/c2-1-3;/h1H;/q-1;. The van der Waals surface area contributed by atoms with Gasteiger partial charge in [0.1, 0.15) is 0 Å².